The molecule has 4 heteroatoms. The van der Waals surface area contributed by atoms with Gasteiger partial charge in [-0.05, 0) is 38.3 Å². The number of amides is 1. The molecule has 0 aliphatic heterocycles. The molecule has 0 bridgehead atoms. The van der Waals surface area contributed by atoms with E-state index in [-0.39, 0.29) is 5.91 Å². The minimum atomic E-state index is -0.223. The molecule has 0 heterocycles. The van der Waals surface area contributed by atoms with Gasteiger partial charge >= 0.3 is 0 Å². The van der Waals surface area contributed by atoms with Gasteiger partial charge in [-0.2, -0.15) is 0 Å². The first-order valence-corrected chi connectivity index (χ1v) is 6.41. The number of nitrogens with zero attached hydrogens (tertiary/aromatic N) is 1. The molecule has 2 atom stereocenters. The maximum atomic E-state index is 11.1. The van der Waals surface area contributed by atoms with Crippen LogP contribution in [0.2, 0.25) is 0 Å². The third kappa shape index (κ3) is 3.76. The molecule has 0 aromatic heterocycles. The second-order valence-electron chi connectivity index (χ2n) is 4.78. The van der Waals surface area contributed by atoms with Gasteiger partial charge in [0.25, 0.3) is 0 Å². The first kappa shape index (κ1) is 13.5. The molecule has 0 radical (unpaired) electrons. The normalized spacial score (nSPS) is 25.2. The number of unbranched alkanes of at least 4 members (excludes halogenated alkanes) is 1. The van der Waals surface area contributed by atoms with Gasteiger partial charge in [0.15, 0.2) is 0 Å². The Bertz CT molecular complexity index is 220. The van der Waals surface area contributed by atoms with Crippen LogP contribution in [0.4, 0.5) is 0 Å². The minimum absolute atomic E-state index is 0.223. The summed E-state index contributed by atoms with van der Waals surface area (Å²) in [6.07, 6.45) is 5.87. The third-order valence-corrected chi connectivity index (χ3v) is 3.55. The summed E-state index contributed by atoms with van der Waals surface area (Å²) in [5.74, 6) is 0.329. The summed E-state index contributed by atoms with van der Waals surface area (Å²) in [6.45, 7) is 4.26. The molecule has 1 rings (SSSR count). The van der Waals surface area contributed by atoms with Gasteiger partial charge < -0.3 is 11.5 Å². The van der Waals surface area contributed by atoms with Crippen molar-refractivity contribution in [2.24, 2.45) is 17.4 Å². The van der Waals surface area contributed by atoms with Crippen molar-refractivity contribution in [3.63, 3.8) is 0 Å². The molecule has 94 valence electrons. The van der Waals surface area contributed by atoms with Gasteiger partial charge in [-0.3, -0.25) is 9.69 Å². The molecular formula is C12H25N3O. The van der Waals surface area contributed by atoms with Crippen LogP contribution in [-0.4, -0.2) is 36.5 Å². The van der Waals surface area contributed by atoms with E-state index in [1.54, 1.807) is 0 Å². The Kier molecular flexibility index (Phi) is 5.77. The summed E-state index contributed by atoms with van der Waals surface area (Å²) >= 11 is 0. The monoisotopic (exact) mass is 227 g/mol. The van der Waals surface area contributed by atoms with Crippen LogP contribution in [0.25, 0.3) is 0 Å². The van der Waals surface area contributed by atoms with Crippen LogP contribution in [0.1, 0.15) is 39.0 Å². The van der Waals surface area contributed by atoms with Crippen LogP contribution in [0.3, 0.4) is 0 Å². The highest BCUT2D eigenvalue weighted by Crippen LogP contribution is 2.29. The molecule has 0 aromatic rings. The standard InChI is InChI=1S/C12H25N3O/c1-2-3-7-15(9-12(14)16)11-6-4-5-10(11)8-13/h10-11H,2-9,13H2,1H3,(H2,14,16). The lowest BCUT2D eigenvalue weighted by Crippen LogP contribution is -2.45. The van der Waals surface area contributed by atoms with Crippen molar-refractivity contribution in [3.05, 3.63) is 0 Å². The Labute approximate surface area is 98.3 Å². The Morgan fingerprint density at radius 2 is 2.19 bits per heavy atom. The number of hydrogen-bond donors (Lipinski definition) is 2. The molecule has 0 spiro atoms. The van der Waals surface area contributed by atoms with Gasteiger partial charge in [0.2, 0.25) is 5.91 Å². The lowest BCUT2D eigenvalue weighted by atomic mass is 10.0. The molecule has 0 aromatic carbocycles. The van der Waals surface area contributed by atoms with Crippen LogP contribution in [-0.2, 0) is 4.79 Å². The molecule has 16 heavy (non-hydrogen) atoms. The SMILES string of the molecule is CCCCN(CC(N)=O)C1CCCC1CN. The van der Waals surface area contributed by atoms with Gasteiger partial charge in [-0.25, -0.2) is 0 Å². The second kappa shape index (κ2) is 6.86. The minimum Gasteiger partial charge on any atom is -0.369 e. The molecule has 2 unspecified atom stereocenters. The van der Waals surface area contributed by atoms with Crippen LogP contribution < -0.4 is 11.5 Å². The van der Waals surface area contributed by atoms with E-state index >= 15 is 0 Å². The summed E-state index contributed by atoms with van der Waals surface area (Å²) in [4.78, 5) is 13.3. The molecular weight excluding hydrogens is 202 g/mol. The third-order valence-electron chi connectivity index (χ3n) is 3.55. The summed E-state index contributed by atoms with van der Waals surface area (Å²) in [5, 5.41) is 0. The van der Waals surface area contributed by atoms with E-state index in [1.807, 2.05) is 0 Å². The average molecular weight is 227 g/mol. The predicted molar refractivity (Wildman–Crippen MR) is 65.9 cm³/mol. The van der Waals surface area contributed by atoms with Gasteiger partial charge in [0.1, 0.15) is 0 Å². The summed E-state index contributed by atoms with van der Waals surface area (Å²) in [5.41, 5.74) is 11.1. The Balaban J connectivity index is 2.55. The van der Waals surface area contributed by atoms with E-state index in [9.17, 15) is 4.79 Å². The molecule has 1 amide bonds. The highest BCUT2D eigenvalue weighted by Gasteiger charge is 2.31. The number of carbonyl (C=O) groups is 1. The predicted octanol–water partition coefficient (Wildman–Crippen LogP) is 0.701. The average Bonchev–Trinajstić information content (AvgIpc) is 2.71. The molecule has 1 aliphatic carbocycles. The van der Waals surface area contributed by atoms with Crippen molar-refractivity contribution < 1.29 is 4.79 Å². The van der Waals surface area contributed by atoms with E-state index in [0.717, 1.165) is 25.9 Å². The van der Waals surface area contributed by atoms with E-state index < -0.39 is 0 Å². The van der Waals surface area contributed by atoms with Crippen molar-refractivity contribution in [1.82, 2.24) is 4.90 Å². The van der Waals surface area contributed by atoms with Gasteiger partial charge in [-0.1, -0.05) is 19.8 Å². The molecule has 1 saturated carbocycles. The van der Waals surface area contributed by atoms with Crippen LogP contribution in [0.15, 0.2) is 0 Å². The second-order valence-corrected chi connectivity index (χ2v) is 4.78. The zero-order valence-corrected chi connectivity index (χ0v) is 10.3. The molecule has 1 fully saturated rings. The number of rotatable bonds is 7. The maximum Gasteiger partial charge on any atom is 0.231 e. The highest BCUT2D eigenvalue weighted by molar-refractivity contribution is 5.75. The van der Waals surface area contributed by atoms with Crippen molar-refractivity contribution in [1.29, 1.82) is 0 Å². The lowest BCUT2D eigenvalue weighted by Gasteiger charge is -2.31. The number of nitrogens with two attached hydrogens (primary N) is 2. The fourth-order valence-corrected chi connectivity index (χ4v) is 2.70. The fourth-order valence-electron chi connectivity index (χ4n) is 2.70. The maximum absolute atomic E-state index is 11.1. The largest absolute Gasteiger partial charge is 0.369 e. The number of hydrogen-bond acceptors (Lipinski definition) is 3. The van der Waals surface area contributed by atoms with Crippen LogP contribution in [0, 0.1) is 5.92 Å². The topological polar surface area (TPSA) is 72.3 Å². The van der Waals surface area contributed by atoms with Crippen LogP contribution in [0.5, 0.6) is 0 Å². The highest BCUT2D eigenvalue weighted by atomic mass is 16.1. The molecule has 0 saturated heterocycles. The lowest BCUT2D eigenvalue weighted by molar-refractivity contribution is -0.119. The molecule has 4 nitrogen and oxygen atoms in total. The zero-order chi connectivity index (χ0) is 12.0. The Morgan fingerprint density at radius 3 is 2.75 bits per heavy atom. The quantitative estimate of drug-likeness (QED) is 0.672. The Morgan fingerprint density at radius 1 is 1.44 bits per heavy atom. The zero-order valence-electron chi connectivity index (χ0n) is 10.3. The first-order valence-electron chi connectivity index (χ1n) is 6.41. The van der Waals surface area contributed by atoms with Crippen molar-refractivity contribution in [3.8, 4) is 0 Å². The smallest absolute Gasteiger partial charge is 0.231 e. The van der Waals surface area contributed by atoms with Crippen molar-refractivity contribution in [2.75, 3.05) is 19.6 Å². The Hall–Kier alpha value is -0.610. The van der Waals surface area contributed by atoms with E-state index in [4.69, 9.17) is 11.5 Å². The summed E-state index contributed by atoms with van der Waals surface area (Å²) < 4.78 is 0. The van der Waals surface area contributed by atoms with Gasteiger partial charge in [0, 0.05) is 6.04 Å². The first-order chi connectivity index (χ1) is 7.69. The number of primary amides is 1. The summed E-state index contributed by atoms with van der Waals surface area (Å²) in [6, 6.07) is 0.476. The number of carbonyl (C=O) groups excluding carboxylic acids is 1. The van der Waals surface area contributed by atoms with Crippen LogP contribution >= 0.6 is 0 Å². The van der Waals surface area contributed by atoms with Gasteiger partial charge in [0.05, 0.1) is 6.54 Å². The molecule has 4 N–H and O–H groups in total. The van der Waals surface area contributed by atoms with E-state index in [2.05, 4.69) is 11.8 Å². The molecule has 1 aliphatic rings. The summed E-state index contributed by atoms with van der Waals surface area (Å²) in [7, 11) is 0. The van der Waals surface area contributed by atoms with E-state index in [1.165, 1.54) is 19.3 Å². The van der Waals surface area contributed by atoms with E-state index in [0.29, 0.717) is 18.5 Å². The van der Waals surface area contributed by atoms with Crippen molar-refractivity contribution >= 4 is 5.91 Å². The van der Waals surface area contributed by atoms with Gasteiger partial charge in [-0.15, -0.1) is 0 Å². The van der Waals surface area contributed by atoms with Crippen molar-refractivity contribution in [2.45, 2.75) is 45.1 Å². The fraction of sp³-hybridized carbons (Fsp3) is 0.917.